The van der Waals surface area contributed by atoms with Gasteiger partial charge in [-0.05, 0) is 52.5 Å². The van der Waals surface area contributed by atoms with E-state index in [0.29, 0.717) is 6.04 Å². The normalized spacial score (nSPS) is 20.7. The molecule has 0 saturated carbocycles. The Morgan fingerprint density at radius 1 is 1.47 bits per heavy atom. The van der Waals surface area contributed by atoms with Crippen LogP contribution in [0.4, 0.5) is 5.69 Å². The first-order valence-corrected chi connectivity index (χ1v) is 7.26. The Hall–Kier alpha value is -1.13. The fourth-order valence-corrected chi connectivity index (χ4v) is 2.70. The van der Waals surface area contributed by atoms with Crippen LogP contribution < -0.4 is 5.32 Å². The lowest BCUT2D eigenvalue weighted by Gasteiger charge is -2.35. The minimum absolute atomic E-state index is 0.686. The molecule has 1 N–H and O–H groups in total. The second-order valence-corrected chi connectivity index (χ2v) is 5.56. The molecule has 1 fully saturated rings. The van der Waals surface area contributed by atoms with Crippen molar-refractivity contribution in [3.63, 3.8) is 0 Å². The van der Waals surface area contributed by atoms with Crippen molar-refractivity contribution in [1.29, 1.82) is 0 Å². The highest BCUT2D eigenvalue weighted by Gasteiger charge is 2.21. The van der Waals surface area contributed by atoms with Crippen LogP contribution in [0.15, 0.2) is 18.3 Å². The van der Waals surface area contributed by atoms with Crippen LogP contribution in [0.5, 0.6) is 0 Å². The first-order chi connectivity index (χ1) is 9.19. The van der Waals surface area contributed by atoms with Gasteiger partial charge < -0.3 is 10.2 Å². The lowest BCUT2D eigenvalue weighted by Crippen LogP contribution is -2.44. The van der Waals surface area contributed by atoms with Gasteiger partial charge >= 0.3 is 0 Å². The number of aromatic nitrogens is 1. The number of likely N-dealkylation sites (N-methyl/N-ethyl adjacent to an activating group) is 1. The van der Waals surface area contributed by atoms with Crippen molar-refractivity contribution in [3.8, 4) is 0 Å². The molecule has 2 rings (SSSR count). The van der Waals surface area contributed by atoms with Crippen LogP contribution >= 0.6 is 0 Å². The summed E-state index contributed by atoms with van der Waals surface area (Å²) in [5, 5.41) is 3.35. The number of likely N-dealkylation sites (tertiary alicyclic amines) is 1. The Morgan fingerprint density at radius 3 is 3.05 bits per heavy atom. The summed E-state index contributed by atoms with van der Waals surface area (Å²) in [6.45, 7) is 6.38. The van der Waals surface area contributed by atoms with E-state index in [-0.39, 0.29) is 0 Å². The quantitative estimate of drug-likeness (QED) is 0.880. The first-order valence-electron chi connectivity index (χ1n) is 7.26. The van der Waals surface area contributed by atoms with E-state index in [1.54, 1.807) is 0 Å². The van der Waals surface area contributed by atoms with Crippen molar-refractivity contribution >= 4 is 5.69 Å². The smallest absolute Gasteiger partial charge is 0.0564 e. The van der Waals surface area contributed by atoms with Crippen LogP contribution in [0.3, 0.4) is 0 Å². The molecule has 1 aliphatic heterocycles. The van der Waals surface area contributed by atoms with Crippen molar-refractivity contribution in [2.45, 2.75) is 32.4 Å². The van der Waals surface area contributed by atoms with Crippen LogP contribution in [-0.2, 0) is 6.54 Å². The van der Waals surface area contributed by atoms with Crippen molar-refractivity contribution in [1.82, 2.24) is 14.8 Å². The van der Waals surface area contributed by atoms with Gasteiger partial charge in [0.25, 0.3) is 0 Å². The lowest BCUT2D eigenvalue weighted by atomic mass is 10.0. The molecule has 4 nitrogen and oxygen atoms in total. The number of nitrogens with zero attached hydrogens (tertiary/aromatic N) is 3. The maximum absolute atomic E-state index is 4.49. The highest BCUT2D eigenvalue weighted by molar-refractivity contribution is 5.42. The van der Waals surface area contributed by atoms with Crippen molar-refractivity contribution in [2.75, 3.05) is 39.0 Å². The molecule has 1 aromatic rings. The van der Waals surface area contributed by atoms with Crippen LogP contribution in [0.1, 0.15) is 25.5 Å². The molecule has 4 heteroatoms. The summed E-state index contributed by atoms with van der Waals surface area (Å²) in [5.74, 6) is 0. The molecule has 0 aliphatic carbocycles. The molecule has 2 heterocycles. The summed E-state index contributed by atoms with van der Waals surface area (Å²) >= 11 is 0. The number of pyridine rings is 1. The third-order valence-electron chi connectivity index (χ3n) is 3.79. The summed E-state index contributed by atoms with van der Waals surface area (Å²) in [7, 11) is 4.36. The SMILES string of the molecule is CCNc1ccnc(CN2CCCC(N(C)C)C2)c1. The van der Waals surface area contributed by atoms with Gasteiger partial charge in [0.15, 0.2) is 0 Å². The van der Waals surface area contributed by atoms with Gasteiger partial charge in [0, 0.05) is 37.6 Å². The van der Waals surface area contributed by atoms with Gasteiger partial charge in [-0.2, -0.15) is 0 Å². The second-order valence-electron chi connectivity index (χ2n) is 5.56. The zero-order valence-corrected chi connectivity index (χ0v) is 12.4. The fourth-order valence-electron chi connectivity index (χ4n) is 2.70. The summed E-state index contributed by atoms with van der Waals surface area (Å²) in [4.78, 5) is 9.35. The summed E-state index contributed by atoms with van der Waals surface area (Å²) in [5.41, 5.74) is 2.34. The number of nitrogens with one attached hydrogen (secondary N) is 1. The lowest BCUT2D eigenvalue weighted by molar-refractivity contribution is 0.127. The highest BCUT2D eigenvalue weighted by atomic mass is 15.2. The molecule has 1 unspecified atom stereocenters. The predicted octanol–water partition coefficient (Wildman–Crippen LogP) is 2.04. The molecule has 0 amide bonds. The molecule has 0 bridgehead atoms. The van der Waals surface area contributed by atoms with Gasteiger partial charge in [0.1, 0.15) is 0 Å². The number of hydrogen-bond acceptors (Lipinski definition) is 4. The van der Waals surface area contributed by atoms with Gasteiger partial charge in [0.05, 0.1) is 5.69 Å². The maximum atomic E-state index is 4.49. The molecule has 19 heavy (non-hydrogen) atoms. The van der Waals surface area contributed by atoms with Gasteiger partial charge in [-0.1, -0.05) is 0 Å². The minimum atomic E-state index is 0.686. The molecule has 106 valence electrons. The zero-order valence-electron chi connectivity index (χ0n) is 12.4. The number of piperidine rings is 1. The average molecular weight is 262 g/mol. The van der Waals surface area contributed by atoms with Crippen LogP contribution in [-0.4, -0.2) is 54.6 Å². The van der Waals surface area contributed by atoms with Crippen molar-refractivity contribution < 1.29 is 0 Å². The molecule has 1 atom stereocenters. The first kappa shape index (κ1) is 14.3. The average Bonchev–Trinajstić information content (AvgIpc) is 2.40. The fraction of sp³-hybridized carbons (Fsp3) is 0.667. The van der Waals surface area contributed by atoms with E-state index in [9.17, 15) is 0 Å². The van der Waals surface area contributed by atoms with Gasteiger partial charge in [-0.15, -0.1) is 0 Å². The van der Waals surface area contributed by atoms with E-state index < -0.39 is 0 Å². The van der Waals surface area contributed by atoms with Crippen LogP contribution in [0, 0.1) is 0 Å². The van der Waals surface area contributed by atoms with Crippen molar-refractivity contribution in [2.24, 2.45) is 0 Å². The van der Waals surface area contributed by atoms with E-state index in [4.69, 9.17) is 0 Å². The Morgan fingerprint density at radius 2 is 2.32 bits per heavy atom. The molecule has 1 aromatic heterocycles. The van der Waals surface area contributed by atoms with Crippen LogP contribution in [0.25, 0.3) is 0 Å². The van der Waals surface area contributed by atoms with Crippen LogP contribution in [0.2, 0.25) is 0 Å². The van der Waals surface area contributed by atoms with Crippen molar-refractivity contribution in [3.05, 3.63) is 24.0 Å². The van der Waals surface area contributed by atoms with Gasteiger partial charge in [-0.25, -0.2) is 0 Å². The number of anilines is 1. The number of hydrogen-bond donors (Lipinski definition) is 1. The standard InChI is InChI=1S/C15H26N4/c1-4-16-13-7-8-17-14(10-13)11-19-9-5-6-15(12-19)18(2)3/h7-8,10,15H,4-6,9,11-12H2,1-3H3,(H,16,17). The molecule has 0 radical (unpaired) electrons. The monoisotopic (exact) mass is 262 g/mol. The van der Waals surface area contributed by atoms with E-state index in [1.807, 2.05) is 12.3 Å². The van der Waals surface area contributed by atoms with Gasteiger partial charge in [0.2, 0.25) is 0 Å². The molecule has 1 saturated heterocycles. The molecular weight excluding hydrogens is 236 g/mol. The Kier molecular flexibility index (Phi) is 5.16. The maximum Gasteiger partial charge on any atom is 0.0564 e. The zero-order chi connectivity index (χ0) is 13.7. The van der Waals surface area contributed by atoms with E-state index >= 15 is 0 Å². The molecule has 0 spiro atoms. The highest BCUT2D eigenvalue weighted by Crippen LogP contribution is 2.17. The minimum Gasteiger partial charge on any atom is -0.385 e. The summed E-state index contributed by atoms with van der Waals surface area (Å²) in [6, 6.07) is 4.89. The van der Waals surface area contributed by atoms with E-state index in [0.717, 1.165) is 25.3 Å². The second kappa shape index (κ2) is 6.87. The Balaban J connectivity index is 1.94. The molecule has 0 aromatic carbocycles. The third-order valence-corrected chi connectivity index (χ3v) is 3.79. The molecular formula is C15H26N4. The largest absolute Gasteiger partial charge is 0.385 e. The Bertz CT molecular complexity index is 391. The molecule has 1 aliphatic rings. The summed E-state index contributed by atoms with van der Waals surface area (Å²) < 4.78 is 0. The predicted molar refractivity (Wildman–Crippen MR) is 80.4 cm³/mol. The summed E-state index contributed by atoms with van der Waals surface area (Å²) in [6.07, 6.45) is 4.50. The third kappa shape index (κ3) is 4.18. The number of rotatable bonds is 5. The topological polar surface area (TPSA) is 31.4 Å². The van der Waals surface area contributed by atoms with E-state index in [2.05, 4.69) is 47.2 Å². The van der Waals surface area contributed by atoms with E-state index in [1.165, 1.54) is 25.1 Å². The Labute approximate surface area is 116 Å². The van der Waals surface area contributed by atoms with Gasteiger partial charge in [-0.3, -0.25) is 9.88 Å².